The van der Waals surface area contributed by atoms with Crippen LogP contribution in [0.2, 0.25) is 0 Å². The van der Waals surface area contributed by atoms with E-state index in [1.807, 2.05) is 0 Å². The van der Waals surface area contributed by atoms with Gasteiger partial charge in [-0.15, -0.1) is 11.8 Å². The summed E-state index contributed by atoms with van der Waals surface area (Å²) in [4.78, 5) is 5.31. The van der Waals surface area contributed by atoms with Crippen LogP contribution >= 0.6 is 11.8 Å². The molecule has 112 valence electrons. The zero-order valence-electron chi connectivity index (χ0n) is 11.5. The molecule has 1 aromatic heterocycles. The second kappa shape index (κ2) is 5.28. The molecule has 2 aromatic carbocycles. The molecule has 1 aliphatic heterocycles. The number of hydrogen-bond acceptors (Lipinski definition) is 4. The molecule has 0 spiro atoms. The van der Waals surface area contributed by atoms with E-state index in [1.54, 1.807) is 30.0 Å². The van der Waals surface area contributed by atoms with Gasteiger partial charge in [0.25, 0.3) is 6.01 Å². The Bertz CT molecular complexity index is 849. The van der Waals surface area contributed by atoms with Crippen molar-refractivity contribution in [3.05, 3.63) is 53.6 Å². The normalized spacial score (nSPS) is 17.5. The number of aromatic nitrogens is 1. The minimum Gasteiger partial charge on any atom is -0.424 e. The molecule has 0 amide bonds. The lowest BCUT2D eigenvalue weighted by atomic mass is 10.0. The van der Waals surface area contributed by atoms with Gasteiger partial charge in [-0.05, 0) is 42.3 Å². The number of anilines is 1. The van der Waals surface area contributed by atoms with Crippen molar-refractivity contribution in [3.8, 4) is 0 Å². The zero-order chi connectivity index (χ0) is 15.1. The molecule has 1 unspecified atom stereocenters. The number of oxazole rings is 1. The van der Waals surface area contributed by atoms with E-state index in [4.69, 9.17) is 4.42 Å². The van der Waals surface area contributed by atoms with Crippen molar-refractivity contribution in [3.63, 3.8) is 0 Å². The Morgan fingerprint density at radius 2 is 1.95 bits per heavy atom. The molecule has 0 saturated carbocycles. The fraction of sp³-hybridized carbons (Fsp3) is 0.188. The standard InChI is InChI=1S/C16H12F2N2OS/c17-9-2-4-15-11(7-9)12(5-6-22-15)19-16-20-13-8-10(18)1-3-14(13)21-16/h1-4,7-8,12H,5-6H2,(H,19,20). The van der Waals surface area contributed by atoms with Crippen LogP contribution in [0.25, 0.3) is 11.1 Å². The topological polar surface area (TPSA) is 38.1 Å². The monoisotopic (exact) mass is 318 g/mol. The lowest BCUT2D eigenvalue weighted by Crippen LogP contribution is -2.16. The molecule has 0 fully saturated rings. The highest BCUT2D eigenvalue weighted by atomic mass is 32.2. The maximum absolute atomic E-state index is 13.5. The predicted molar refractivity (Wildman–Crippen MR) is 82.1 cm³/mol. The van der Waals surface area contributed by atoms with E-state index in [-0.39, 0.29) is 17.7 Å². The third-order valence-electron chi connectivity index (χ3n) is 3.66. The minimum absolute atomic E-state index is 0.0649. The minimum atomic E-state index is -0.353. The molecule has 1 atom stereocenters. The van der Waals surface area contributed by atoms with Crippen LogP contribution in [0.1, 0.15) is 18.0 Å². The van der Waals surface area contributed by atoms with Crippen molar-refractivity contribution in [2.75, 3.05) is 11.1 Å². The van der Waals surface area contributed by atoms with Crippen LogP contribution in [-0.2, 0) is 0 Å². The first-order chi connectivity index (χ1) is 10.7. The summed E-state index contributed by atoms with van der Waals surface area (Å²) in [5.74, 6) is 0.326. The van der Waals surface area contributed by atoms with Gasteiger partial charge in [-0.2, -0.15) is 4.98 Å². The number of nitrogens with zero attached hydrogens (tertiary/aromatic N) is 1. The summed E-state index contributed by atoms with van der Waals surface area (Å²) in [6, 6.07) is 9.28. The molecule has 3 nitrogen and oxygen atoms in total. The Labute approximate surface area is 129 Å². The van der Waals surface area contributed by atoms with Crippen LogP contribution < -0.4 is 5.32 Å². The lowest BCUT2D eigenvalue weighted by molar-refractivity contribution is 0.582. The second-order valence-corrected chi connectivity index (χ2v) is 6.28. The maximum atomic E-state index is 13.5. The first-order valence-corrected chi connectivity index (χ1v) is 7.92. The van der Waals surface area contributed by atoms with Gasteiger partial charge < -0.3 is 9.73 Å². The van der Waals surface area contributed by atoms with Gasteiger partial charge in [-0.1, -0.05) is 0 Å². The molecule has 2 heterocycles. The molecule has 0 saturated heterocycles. The molecule has 0 radical (unpaired) electrons. The molecule has 0 bridgehead atoms. The van der Waals surface area contributed by atoms with Crippen LogP contribution in [0.3, 0.4) is 0 Å². The van der Waals surface area contributed by atoms with Crippen LogP contribution in [0.5, 0.6) is 0 Å². The van der Waals surface area contributed by atoms with Crippen LogP contribution in [0, 0.1) is 11.6 Å². The molecule has 6 heteroatoms. The molecule has 1 aliphatic rings. The van der Waals surface area contributed by atoms with Crippen LogP contribution in [0.4, 0.5) is 14.8 Å². The third-order valence-corrected chi connectivity index (χ3v) is 4.78. The van der Waals surface area contributed by atoms with Crippen molar-refractivity contribution >= 4 is 28.9 Å². The number of thioether (sulfide) groups is 1. The number of benzene rings is 2. The van der Waals surface area contributed by atoms with Crippen LogP contribution in [-0.4, -0.2) is 10.7 Å². The number of hydrogen-bond donors (Lipinski definition) is 1. The van der Waals surface area contributed by atoms with Crippen molar-refractivity contribution < 1.29 is 13.2 Å². The summed E-state index contributed by atoms with van der Waals surface area (Å²) in [5.41, 5.74) is 1.89. The Balaban J connectivity index is 1.67. The maximum Gasteiger partial charge on any atom is 0.296 e. The number of fused-ring (bicyclic) bond motifs is 2. The van der Waals surface area contributed by atoms with Crippen molar-refractivity contribution in [2.45, 2.75) is 17.4 Å². The smallest absolute Gasteiger partial charge is 0.296 e. The van der Waals surface area contributed by atoms with Gasteiger partial charge in [0.15, 0.2) is 5.58 Å². The lowest BCUT2D eigenvalue weighted by Gasteiger charge is -2.25. The van der Waals surface area contributed by atoms with E-state index in [0.717, 1.165) is 22.6 Å². The van der Waals surface area contributed by atoms with Gasteiger partial charge in [0.05, 0.1) is 6.04 Å². The summed E-state index contributed by atoms with van der Waals surface area (Å²) in [6.45, 7) is 0. The first kappa shape index (κ1) is 13.6. The van der Waals surface area contributed by atoms with E-state index >= 15 is 0 Å². The number of halogens is 2. The van der Waals surface area contributed by atoms with Gasteiger partial charge in [-0.25, -0.2) is 8.78 Å². The molecular weight excluding hydrogens is 306 g/mol. The molecule has 0 aliphatic carbocycles. The summed E-state index contributed by atoms with van der Waals surface area (Å²) in [7, 11) is 0. The Morgan fingerprint density at radius 3 is 2.86 bits per heavy atom. The highest BCUT2D eigenvalue weighted by molar-refractivity contribution is 7.99. The molecular formula is C16H12F2N2OS. The first-order valence-electron chi connectivity index (χ1n) is 6.94. The summed E-state index contributed by atoms with van der Waals surface area (Å²) < 4.78 is 32.3. The second-order valence-electron chi connectivity index (χ2n) is 5.15. The van der Waals surface area contributed by atoms with Gasteiger partial charge >= 0.3 is 0 Å². The van der Waals surface area contributed by atoms with E-state index < -0.39 is 0 Å². The Morgan fingerprint density at radius 1 is 1.14 bits per heavy atom. The summed E-state index contributed by atoms with van der Waals surface area (Å²) >= 11 is 1.71. The van der Waals surface area contributed by atoms with Crippen molar-refractivity contribution in [2.24, 2.45) is 0 Å². The van der Waals surface area contributed by atoms with Gasteiger partial charge in [0, 0.05) is 16.7 Å². The van der Waals surface area contributed by atoms with E-state index in [9.17, 15) is 8.78 Å². The van der Waals surface area contributed by atoms with E-state index in [1.165, 1.54) is 18.2 Å². The molecule has 22 heavy (non-hydrogen) atoms. The fourth-order valence-electron chi connectivity index (χ4n) is 2.63. The highest BCUT2D eigenvalue weighted by Crippen LogP contribution is 2.38. The van der Waals surface area contributed by atoms with Crippen molar-refractivity contribution in [1.29, 1.82) is 0 Å². The number of nitrogens with one attached hydrogen (secondary N) is 1. The fourth-order valence-corrected chi connectivity index (χ4v) is 3.73. The van der Waals surface area contributed by atoms with Gasteiger partial charge in [0.1, 0.15) is 17.2 Å². The summed E-state index contributed by atoms with van der Waals surface area (Å²) in [5, 5.41) is 3.19. The van der Waals surface area contributed by atoms with Gasteiger partial charge in [-0.3, -0.25) is 0 Å². The highest BCUT2D eigenvalue weighted by Gasteiger charge is 2.22. The largest absolute Gasteiger partial charge is 0.424 e. The Kier molecular flexibility index (Phi) is 3.26. The third kappa shape index (κ3) is 2.43. The average molecular weight is 318 g/mol. The molecule has 3 aromatic rings. The predicted octanol–water partition coefficient (Wildman–Crippen LogP) is 4.76. The van der Waals surface area contributed by atoms with Gasteiger partial charge in [0.2, 0.25) is 0 Å². The molecule has 4 rings (SSSR count). The summed E-state index contributed by atoms with van der Waals surface area (Å²) in [6.07, 6.45) is 0.841. The van der Waals surface area contributed by atoms with E-state index in [2.05, 4.69) is 10.3 Å². The SMILES string of the molecule is Fc1ccc2c(c1)C(Nc1nc3cc(F)ccc3o1)CCS2. The average Bonchev–Trinajstić information content (AvgIpc) is 2.89. The zero-order valence-corrected chi connectivity index (χ0v) is 12.3. The van der Waals surface area contributed by atoms with Crippen molar-refractivity contribution in [1.82, 2.24) is 4.98 Å². The van der Waals surface area contributed by atoms with E-state index in [0.29, 0.717) is 17.1 Å². The quantitative estimate of drug-likeness (QED) is 0.739. The Hall–Kier alpha value is -2.08. The molecule has 1 N–H and O–H groups in total. The van der Waals surface area contributed by atoms with Crippen LogP contribution in [0.15, 0.2) is 45.7 Å². The number of rotatable bonds is 2.